The number of hydrogen-bond acceptors (Lipinski definition) is 4. The number of carbonyl (C=O) groups excluding carboxylic acids is 1. The van der Waals surface area contributed by atoms with E-state index in [1.807, 2.05) is 0 Å². The molecule has 0 aromatic rings. The van der Waals surface area contributed by atoms with Crippen LogP contribution in [0.25, 0.3) is 0 Å². The molecule has 2 aliphatic rings. The van der Waals surface area contributed by atoms with Crippen molar-refractivity contribution in [3.8, 4) is 0 Å². The lowest BCUT2D eigenvalue weighted by Crippen LogP contribution is -2.38. The number of alkyl carbamates (subject to hydrolysis) is 1. The normalized spacial score (nSPS) is 33.1. The first-order valence-corrected chi connectivity index (χ1v) is 4.73. The summed E-state index contributed by atoms with van der Waals surface area (Å²) in [6.07, 6.45) is 0.873. The lowest BCUT2D eigenvalue weighted by molar-refractivity contribution is 0.137. The van der Waals surface area contributed by atoms with Crippen molar-refractivity contribution in [2.24, 2.45) is 0 Å². The highest BCUT2D eigenvalue weighted by Gasteiger charge is 2.23. The number of hydrogen-bond donors (Lipinski definition) is 3. The highest BCUT2D eigenvalue weighted by molar-refractivity contribution is 5.69. The molecule has 0 saturated carbocycles. The summed E-state index contributed by atoms with van der Waals surface area (Å²) in [5.74, 6) is 0. The molecule has 0 aromatic carbocycles. The Morgan fingerprint density at radius 3 is 3.08 bits per heavy atom. The maximum absolute atomic E-state index is 10.7. The van der Waals surface area contributed by atoms with E-state index >= 15 is 0 Å². The molecule has 2 aliphatic heterocycles. The average Bonchev–Trinajstić information content (AvgIpc) is 2.71. The van der Waals surface area contributed by atoms with E-state index in [0.29, 0.717) is 12.6 Å². The third-order valence-corrected chi connectivity index (χ3v) is 2.44. The van der Waals surface area contributed by atoms with Crippen LogP contribution < -0.4 is 16.0 Å². The topological polar surface area (TPSA) is 62.4 Å². The summed E-state index contributed by atoms with van der Waals surface area (Å²) in [7, 11) is 0. The largest absolute Gasteiger partial charge is 0.443 e. The van der Waals surface area contributed by atoms with E-state index in [0.717, 1.165) is 26.1 Å². The standard InChI is InChI=1S/C8H15N3O2/c12-8-11-5-7(13-8)4-10-6-1-2-9-3-6/h6-7,9-10H,1-5H2,(H,11,12). The van der Waals surface area contributed by atoms with Gasteiger partial charge in [0.05, 0.1) is 6.54 Å². The van der Waals surface area contributed by atoms with Gasteiger partial charge in [-0.2, -0.15) is 0 Å². The van der Waals surface area contributed by atoms with Crippen molar-refractivity contribution in [1.29, 1.82) is 0 Å². The minimum atomic E-state index is -0.295. The third kappa shape index (κ3) is 2.32. The molecule has 0 aliphatic carbocycles. The van der Waals surface area contributed by atoms with Gasteiger partial charge in [-0.1, -0.05) is 0 Å². The molecule has 0 bridgehead atoms. The minimum absolute atomic E-state index is 0.00750. The van der Waals surface area contributed by atoms with Gasteiger partial charge in [-0.25, -0.2) is 4.79 Å². The molecule has 5 heteroatoms. The molecule has 0 radical (unpaired) electrons. The Bertz CT molecular complexity index is 192. The minimum Gasteiger partial charge on any atom is -0.443 e. The molecule has 2 unspecified atom stereocenters. The first-order chi connectivity index (χ1) is 6.34. The van der Waals surface area contributed by atoms with E-state index in [1.165, 1.54) is 0 Å². The van der Waals surface area contributed by atoms with Crippen molar-refractivity contribution in [2.45, 2.75) is 18.6 Å². The van der Waals surface area contributed by atoms with Crippen molar-refractivity contribution in [3.63, 3.8) is 0 Å². The molecule has 13 heavy (non-hydrogen) atoms. The highest BCUT2D eigenvalue weighted by atomic mass is 16.6. The van der Waals surface area contributed by atoms with Gasteiger partial charge in [0.25, 0.3) is 0 Å². The number of carbonyl (C=O) groups is 1. The number of amides is 1. The fourth-order valence-electron chi connectivity index (χ4n) is 1.67. The lowest BCUT2D eigenvalue weighted by atomic mass is 10.2. The van der Waals surface area contributed by atoms with Crippen LogP contribution in [0.1, 0.15) is 6.42 Å². The van der Waals surface area contributed by atoms with Gasteiger partial charge in [0, 0.05) is 19.1 Å². The second-order valence-corrected chi connectivity index (χ2v) is 3.51. The Kier molecular flexibility index (Phi) is 2.65. The number of rotatable bonds is 3. The van der Waals surface area contributed by atoms with Crippen molar-refractivity contribution >= 4 is 6.09 Å². The summed E-state index contributed by atoms with van der Waals surface area (Å²) >= 11 is 0. The molecular formula is C8H15N3O2. The first kappa shape index (κ1) is 8.77. The Balaban J connectivity index is 1.64. The van der Waals surface area contributed by atoms with Gasteiger partial charge in [0.15, 0.2) is 0 Å². The molecular weight excluding hydrogens is 170 g/mol. The smallest absolute Gasteiger partial charge is 0.407 e. The van der Waals surface area contributed by atoms with Crippen LogP contribution in [0.2, 0.25) is 0 Å². The molecule has 2 fully saturated rings. The summed E-state index contributed by atoms with van der Waals surface area (Å²) in [6, 6.07) is 0.541. The van der Waals surface area contributed by atoms with Crippen LogP contribution in [-0.4, -0.2) is 44.4 Å². The zero-order valence-electron chi connectivity index (χ0n) is 7.51. The first-order valence-electron chi connectivity index (χ1n) is 4.73. The third-order valence-electron chi connectivity index (χ3n) is 2.44. The van der Waals surface area contributed by atoms with Crippen LogP contribution in [0.5, 0.6) is 0 Å². The Labute approximate surface area is 77.2 Å². The van der Waals surface area contributed by atoms with Crippen LogP contribution in [0.4, 0.5) is 4.79 Å². The van der Waals surface area contributed by atoms with Gasteiger partial charge >= 0.3 is 6.09 Å². The lowest BCUT2D eigenvalue weighted by Gasteiger charge is -2.13. The molecule has 2 saturated heterocycles. The maximum Gasteiger partial charge on any atom is 0.407 e. The van der Waals surface area contributed by atoms with Crippen LogP contribution in [0, 0.1) is 0 Å². The second kappa shape index (κ2) is 3.93. The highest BCUT2D eigenvalue weighted by Crippen LogP contribution is 2.01. The molecule has 1 amide bonds. The monoisotopic (exact) mass is 185 g/mol. The van der Waals surface area contributed by atoms with E-state index in [1.54, 1.807) is 0 Å². The number of ether oxygens (including phenoxy) is 1. The van der Waals surface area contributed by atoms with Gasteiger partial charge < -0.3 is 20.7 Å². The Morgan fingerprint density at radius 2 is 2.46 bits per heavy atom. The summed E-state index contributed by atoms with van der Waals surface area (Å²) in [5.41, 5.74) is 0. The Hall–Kier alpha value is -0.810. The van der Waals surface area contributed by atoms with E-state index in [4.69, 9.17) is 4.74 Å². The van der Waals surface area contributed by atoms with Crippen molar-refractivity contribution < 1.29 is 9.53 Å². The zero-order chi connectivity index (χ0) is 9.10. The van der Waals surface area contributed by atoms with Gasteiger partial charge in [0.2, 0.25) is 0 Å². The number of cyclic esters (lactones) is 1. The number of nitrogens with one attached hydrogen (secondary N) is 3. The average molecular weight is 185 g/mol. The molecule has 2 heterocycles. The fraction of sp³-hybridized carbons (Fsp3) is 0.875. The van der Waals surface area contributed by atoms with Crippen LogP contribution in [0.3, 0.4) is 0 Å². The van der Waals surface area contributed by atoms with E-state index < -0.39 is 0 Å². The van der Waals surface area contributed by atoms with Gasteiger partial charge in [0.1, 0.15) is 6.10 Å². The molecule has 74 valence electrons. The molecule has 0 spiro atoms. The molecule has 5 nitrogen and oxygen atoms in total. The quantitative estimate of drug-likeness (QED) is 0.530. The van der Waals surface area contributed by atoms with Gasteiger partial charge in [-0.3, -0.25) is 0 Å². The molecule has 3 N–H and O–H groups in total. The molecule has 2 rings (SSSR count). The van der Waals surface area contributed by atoms with Crippen molar-refractivity contribution in [1.82, 2.24) is 16.0 Å². The summed E-state index contributed by atoms with van der Waals surface area (Å²) in [6.45, 7) is 3.49. The van der Waals surface area contributed by atoms with E-state index in [-0.39, 0.29) is 12.2 Å². The van der Waals surface area contributed by atoms with Crippen molar-refractivity contribution in [2.75, 3.05) is 26.2 Å². The van der Waals surface area contributed by atoms with Gasteiger partial charge in [-0.05, 0) is 13.0 Å². The maximum atomic E-state index is 10.7. The molecule has 2 atom stereocenters. The SMILES string of the molecule is O=C1NCC(CNC2CCNC2)O1. The summed E-state index contributed by atoms with van der Waals surface area (Å²) in [4.78, 5) is 10.7. The van der Waals surface area contributed by atoms with Crippen molar-refractivity contribution in [3.05, 3.63) is 0 Å². The predicted octanol–water partition coefficient (Wildman–Crippen LogP) is -0.954. The van der Waals surface area contributed by atoms with Gasteiger partial charge in [-0.15, -0.1) is 0 Å². The summed E-state index contributed by atoms with van der Waals surface area (Å²) in [5, 5.41) is 9.26. The predicted molar refractivity (Wildman–Crippen MR) is 47.5 cm³/mol. The van der Waals surface area contributed by atoms with E-state index in [9.17, 15) is 4.79 Å². The molecule has 0 aromatic heterocycles. The van der Waals surface area contributed by atoms with Crippen LogP contribution in [-0.2, 0) is 4.74 Å². The zero-order valence-corrected chi connectivity index (χ0v) is 7.51. The fourth-order valence-corrected chi connectivity index (χ4v) is 1.67. The summed E-state index contributed by atoms with van der Waals surface area (Å²) < 4.78 is 4.99. The second-order valence-electron chi connectivity index (χ2n) is 3.51. The van der Waals surface area contributed by atoms with E-state index in [2.05, 4.69) is 16.0 Å². The van der Waals surface area contributed by atoms with Crippen LogP contribution >= 0.6 is 0 Å². The Morgan fingerprint density at radius 1 is 1.54 bits per heavy atom. The van der Waals surface area contributed by atoms with Crippen LogP contribution in [0.15, 0.2) is 0 Å².